The van der Waals surface area contributed by atoms with E-state index in [1.807, 2.05) is 49.4 Å². The predicted octanol–water partition coefficient (Wildman–Crippen LogP) is 5.13. The molecule has 3 aromatic rings. The van der Waals surface area contributed by atoms with Gasteiger partial charge in [0.2, 0.25) is 0 Å². The van der Waals surface area contributed by atoms with E-state index in [-0.39, 0.29) is 11.5 Å². The smallest absolute Gasteiger partial charge is 0.336 e. The van der Waals surface area contributed by atoms with Gasteiger partial charge in [0.1, 0.15) is 5.75 Å². The van der Waals surface area contributed by atoms with Crippen molar-refractivity contribution in [3.8, 4) is 5.75 Å². The zero-order valence-electron chi connectivity index (χ0n) is 17.9. The Morgan fingerprint density at radius 2 is 1.74 bits per heavy atom. The largest absolute Gasteiger partial charge is 0.496 e. The molecule has 1 amide bonds. The summed E-state index contributed by atoms with van der Waals surface area (Å²) >= 11 is 0. The summed E-state index contributed by atoms with van der Waals surface area (Å²) in [6.07, 6.45) is 2.20. The zero-order valence-corrected chi connectivity index (χ0v) is 17.9. The van der Waals surface area contributed by atoms with Crippen molar-refractivity contribution < 1.29 is 19.4 Å². The third-order valence-corrected chi connectivity index (χ3v) is 6.32. The van der Waals surface area contributed by atoms with Crippen LogP contribution in [0.2, 0.25) is 0 Å². The first kappa shape index (κ1) is 20.9. The van der Waals surface area contributed by atoms with Crippen molar-refractivity contribution in [1.82, 2.24) is 4.90 Å². The SMILES string of the molecule is CCc1c(C(=O)O)c(C(=O)N2CCC(c3ccccc3OC)CC2)cc2ccccc12. The Bertz CT molecular complexity index is 1130. The van der Waals surface area contributed by atoms with Gasteiger partial charge in [0.05, 0.1) is 18.2 Å². The molecule has 0 aliphatic carbocycles. The van der Waals surface area contributed by atoms with Gasteiger partial charge in [0.25, 0.3) is 5.91 Å². The van der Waals surface area contributed by atoms with Gasteiger partial charge in [-0.05, 0) is 59.2 Å². The molecule has 0 saturated carbocycles. The molecule has 0 spiro atoms. The van der Waals surface area contributed by atoms with Crippen LogP contribution >= 0.6 is 0 Å². The number of carboxylic acids is 1. The number of aryl methyl sites for hydroxylation is 1. The average Bonchev–Trinajstić information content (AvgIpc) is 2.82. The minimum atomic E-state index is -1.05. The molecular formula is C26H27NO4. The number of para-hydroxylation sites is 1. The van der Waals surface area contributed by atoms with E-state index in [1.54, 1.807) is 18.1 Å². The maximum Gasteiger partial charge on any atom is 0.336 e. The summed E-state index contributed by atoms with van der Waals surface area (Å²) < 4.78 is 5.50. The van der Waals surface area contributed by atoms with E-state index in [0.29, 0.717) is 31.0 Å². The molecule has 1 N–H and O–H groups in total. The van der Waals surface area contributed by atoms with Crippen LogP contribution in [0.25, 0.3) is 10.8 Å². The lowest BCUT2D eigenvalue weighted by atomic mass is 9.87. The Balaban J connectivity index is 1.63. The number of ether oxygens (including phenoxy) is 1. The van der Waals surface area contributed by atoms with Crippen molar-refractivity contribution in [3.63, 3.8) is 0 Å². The molecule has 1 fully saturated rings. The number of benzene rings is 3. The first-order valence-electron chi connectivity index (χ1n) is 10.7. The number of aromatic carboxylic acids is 1. The van der Waals surface area contributed by atoms with Crippen LogP contribution in [0.4, 0.5) is 0 Å². The average molecular weight is 418 g/mol. The number of hydrogen-bond acceptors (Lipinski definition) is 3. The number of piperidine rings is 1. The molecule has 0 aromatic heterocycles. The molecule has 0 bridgehead atoms. The Morgan fingerprint density at radius 3 is 2.42 bits per heavy atom. The molecule has 3 aromatic carbocycles. The number of carbonyl (C=O) groups is 2. The molecule has 1 saturated heterocycles. The second-order valence-corrected chi connectivity index (χ2v) is 7.97. The van der Waals surface area contributed by atoms with Gasteiger partial charge >= 0.3 is 5.97 Å². The van der Waals surface area contributed by atoms with E-state index in [0.717, 1.165) is 34.9 Å². The molecule has 1 aliphatic heterocycles. The first-order valence-corrected chi connectivity index (χ1v) is 10.7. The van der Waals surface area contributed by atoms with Crippen LogP contribution in [0.15, 0.2) is 54.6 Å². The van der Waals surface area contributed by atoms with Gasteiger partial charge < -0.3 is 14.7 Å². The second-order valence-electron chi connectivity index (χ2n) is 7.97. The van der Waals surface area contributed by atoms with Gasteiger partial charge in [-0.25, -0.2) is 4.79 Å². The highest BCUT2D eigenvalue weighted by Gasteiger charge is 2.30. The summed E-state index contributed by atoms with van der Waals surface area (Å²) in [5.41, 5.74) is 2.32. The molecule has 0 unspecified atom stereocenters. The maximum absolute atomic E-state index is 13.4. The van der Waals surface area contributed by atoms with Crippen LogP contribution in [0.5, 0.6) is 5.75 Å². The van der Waals surface area contributed by atoms with Gasteiger partial charge in [0.15, 0.2) is 0 Å². The summed E-state index contributed by atoms with van der Waals surface area (Å²) in [6, 6.07) is 17.4. The fourth-order valence-corrected chi connectivity index (χ4v) is 4.77. The van der Waals surface area contributed by atoms with Gasteiger partial charge in [-0.1, -0.05) is 49.4 Å². The molecule has 0 radical (unpaired) electrons. The van der Waals surface area contributed by atoms with Crippen molar-refractivity contribution in [2.24, 2.45) is 0 Å². The quantitative estimate of drug-likeness (QED) is 0.625. The van der Waals surface area contributed by atoms with Crippen molar-refractivity contribution in [2.45, 2.75) is 32.1 Å². The number of nitrogens with zero attached hydrogens (tertiary/aromatic N) is 1. The molecule has 31 heavy (non-hydrogen) atoms. The number of rotatable bonds is 5. The molecule has 1 heterocycles. The third-order valence-electron chi connectivity index (χ3n) is 6.32. The topological polar surface area (TPSA) is 66.8 Å². The van der Waals surface area contributed by atoms with Crippen LogP contribution in [0.3, 0.4) is 0 Å². The molecule has 1 aliphatic rings. The van der Waals surface area contributed by atoms with E-state index >= 15 is 0 Å². The Hall–Kier alpha value is -3.34. The highest BCUT2D eigenvalue weighted by Crippen LogP contribution is 2.35. The van der Waals surface area contributed by atoms with Gasteiger partial charge in [-0.3, -0.25) is 4.79 Å². The van der Waals surface area contributed by atoms with E-state index in [1.165, 1.54) is 5.56 Å². The number of hydrogen-bond donors (Lipinski definition) is 1. The molecule has 0 atom stereocenters. The minimum Gasteiger partial charge on any atom is -0.496 e. The zero-order chi connectivity index (χ0) is 22.0. The second kappa shape index (κ2) is 8.80. The highest BCUT2D eigenvalue weighted by molar-refractivity contribution is 6.10. The van der Waals surface area contributed by atoms with Crippen LogP contribution < -0.4 is 4.74 Å². The summed E-state index contributed by atoms with van der Waals surface area (Å²) in [6.45, 7) is 3.12. The van der Waals surface area contributed by atoms with Crippen molar-refractivity contribution >= 4 is 22.6 Å². The standard InChI is InChI=1S/C26H27NO4/c1-3-19-20-9-5-4-8-18(20)16-22(24(19)26(29)30)25(28)27-14-12-17(13-15-27)21-10-6-7-11-23(21)31-2/h4-11,16-17H,3,12-15H2,1-2H3,(H,29,30). The Labute approximate surface area is 182 Å². The molecule has 160 valence electrons. The Morgan fingerprint density at radius 1 is 1.06 bits per heavy atom. The molecule has 5 heteroatoms. The highest BCUT2D eigenvalue weighted by atomic mass is 16.5. The summed E-state index contributed by atoms with van der Waals surface area (Å²) in [5, 5.41) is 11.7. The van der Waals surface area contributed by atoms with Crippen molar-refractivity contribution in [2.75, 3.05) is 20.2 Å². The maximum atomic E-state index is 13.4. The fourth-order valence-electron chi connectivity index (χ4n) is 4.77. The lowest BCUT2D eigenvalue weighted by molar-refractivity contribution is 0.0661. The van der Waals surface area contributed by atoms with E-state index in [9.17, 15) is 14.7 Å². The first-order chi connectivity index (χ1) is 15.0. The van der Waals surface area contributed by atoms with Crippen LogP contribution in [0, 0.1) is 0 Å². The van der Waals surface area contributed by atoms with E-state index < -0.39 is 5.97 Å². The molecule has 5 nitrogen and oxygen atoms in total. The number of likely N-dealkylation sites (tertiary alicyclic amines) is 1. The lowest BCUT2D eigenvalue weighted by Gasteiger charge is -2.33. The normalized spacial score (nSPS) is 14.6. The predicted molar refractivity (Wildman–Crippen MR) is 121 cm³/mol. The third kappa shape index (κ3) is 3.88. The van der Waals surface area contributed by atoms with E-state index in [4.69, 9.17) is 4.74 Å². The number of amides is 1. The molecule has 4 rings (SSSR count). The number of carboxylic acid groups (broad SMARTS) is 1. The monoisotopic (exact) mass is 417 g/mol. The molecular weight excluding hydrogens is 390 g/mol. The van der Waals surface area contributed by atoms with Gasteiger partial charge in [-0.2, -0.15) is 0 Å². The Kier molecular flexibility index (Phi) is 5.94. The van der Waals surface area contributed by atoms with E-state index in [2.05, 4.69) is 6.07 Å². The summed E-state index contributed by atoms with van der Waals surface area (Å²) in [4.78, 5) is 27.4. The van der Waals surface area contributed by atoms with Gasteiger partial charge in [-0.15, -0.1) is 0 Å². The van der Waals surface area contributed by atoms with Crippen LogP contribution in [-0.2, 0) is 6.42 Å². The van der Waals surface area contributed by atoms with Crippen LogP contribution in [0.1, 0.15) is 57.5 Å². The minimum absolute atomic E-state index is 0.137. The van der Waals surface area contributed by atoms with Crippen molar-refractivity contribution in [3.05, 3.63) is 76.9 Å². The lowest BCUT2D eigenvalue weighted by Crippen LogP contribution is -2.38. The summed E-state index contributed by atoms with van der Waals surface area (Å²) in [5.74, 6) is -0.0457. The number of methoxy groups -OCH3 is 1. The van der Waals surface area contributed by atoms with Crippen molar-refractivity contribution in [1.29, 1.82) is 0 Å². The number of fused-ring (bicyclic) bond motifs is 1. The number of carbonyl (C=O) groups excluding carboxylic acids is 1. The van der Waals surface area contributed by atoms with Gasteiger partial charge in [0, 0.05) is 13.1 Å². The fraction of sp³-hybridized carbons (Fsp3) is 0.308. The summed E-state index contributed by atoms with van der Waals surface area (Å²) in [7, 11) is 1.68. The van der Waals surface area contributed by atoms with Crippen LogP contribution in [-0.4, -0.2) is 42.1 Å².